The molecule has 0 radical (unpaired) electrons. The van der Waals surface area contributed by atoms with Crippen LogP contribution in [0.1, 0.15) is 64.2 Å². The number of aliphatic hydroxyl groups is 1. The van der Waals surface area contributed by atoms with E-state index in [1.807, 2.05) is 18.2 Å². The van der Waals surface area contributed by atoms with Crippen LogP contribution in [0.2, 0.25) is 0 Å². The van der Waals surface area contributed by atoms with Crippen LogP contribution in [0.15, 0.2) is 22.7 Å². The number of aromatic nitrogens is 1. The predicted octanol–water partition coefficient (Wildman–Crippen LogP) is 4.33. The second kappa shape index (κ2) is 10.7. The highest BCUT2D eigenvalue weighted by Gasteiger charge is 2.43. The van der Waals surface area contributed by atoms with Gasteiger partial charge in [0.25, 0.3) is 5.88 Å². The molecule has 35 heavy (non-hydrogen) atoms. The molecule has 0 amide bonds. The van der Waals surface area contributed by atoms with Crippen LogP contribution in [-0.2, 0) is 9.53 Å². The molecular weight excluding hydrogens is 448 g/mol. The van der Waals surface area contributed by atoms with Crippen LogP contribution in [0.25, 0.3) is 11.0 Å². The molecule has 8 heteroatoms. The van der Waals surface area contributed by atoms with E-state index in [2.05, 4.69) is 10.1 Å². The number of benzene rings is 1. The minimum atomic E-state index is -0.315. The van der Waals surface area contributed by atoms with Crippen LogP contribution in [0, 0.1) is 11.3 Å². The van der Waals surface area contributed by atoms with E-state index in [0.29, 0.717) is 24.0 Å². The second-order valence-electron chi connectivity index (χ2n) is 10.7. The number of likely N-dealkylation sites (tertiary alicyclic amines) is 1. The van der Waals surface area contributed by atoms with Gasteiger partial charge in [0.05, 0.1) is 31.3 Å². The molecule has 3 aliphatic rings. The molecule has 2 saturated carbocycles. The van der Waals surface area contributed by atoms with Crippen LogP contribution >= 0.6 is 0 Å². The SMILES string of the molecule is COC(=O)C1(CN2CCC(COc3noc4cccc(O[C@H]5CC[C@@H](O)CC5)c34)CC2)CCCC1. The highest BCUT2D eigenvalue weighted by molar-refractivity contribution is 5.88. The van der Waals surface area contributed by atoms with E-state index in [1.165, 1.54) is 7.11 Å². The number of hydrogen-bond acceptors (Lipinski definition) is 8. The fourth-order valence-electron chi connectivity index (χ4n) is 6.10. The van der Waals surface area contributed by atoms with Gasteiger partial charge in [0, 0.05) is 6.54 Å². The molecule has 0 bridgehead atoms. The van der Waals surface area contributed by atoms with Crippen molar-refractivity contribution in [3.05, 3.63) is 18.2 Å². The summed E-state index contributed by atoms with van der Waals surface area (Å²) in [6.45, 7) is 3.32. The summed E-state index contributed by atoms with van der Waals surface area (Å²) >= 11 is 0. The number of fused-ring (bicyclic) bond motifs is 1. The number of carbonyl (C=O) groups excluding carboxylic acids is 1. The highest BCUT2D eigenvalue weighted by Crippen LogP contribution is 2.41. The molecule has 0 spiro atoms. The molecule has 1 aromatic heterocycles. The number of hydrogen-bond donors (Lipinski definition) is 1. The number of esters is 1. The summed E-state index contributed by atoms with van der Waals surface area (Å²) in [5, 5.41) is 14.8. The summed E-state index contributed by atoms with van der Waals surface area (Å²) in [6.07, 6.45) is 9.26. The molecular formula is C27H38N2O6. The highest BCUT2D eigenvalue weighted by atomic mass is 16.5. The van der Waals surface area contributed by atoms with Crippen molar-refractivity contribution in [2.24, 2.45) is 11.3 Å². The first kappa shape index (κ1) is 24.4. The lowest BCUT2D eigenvalue weighted by Gasteiger charge is -2.37. The normalized spacial score (nSPS) is 25.5. The third-order valence-electron chi connectivity index (χ3n) is 8.23. The molecule has 3 fully saturated rings. The van der Waals surface area contributed by atoms with Crippen molar-refractivity contribution in [2.75, 3.05) is 33.4 Å². The van der Waals surface area contributed by atoms with Crippen LogP contribution < -0.4 is 9.47 Å². The Morgan fingerprint density at radius 2 is 1.89 bits per heavy atom. The summed E-state index contributed by atoms with van der Waals surface area (Å²) in [6, 6.07) is 5.73. The first-order valence-corrected chi connectivity index (χ1v) is 13.2. The van der Waals surface area contributed by atoms with Gasteiger partial charge in [-0.1, -0.05) is 18.9 Å². The fourth-order valence-corrected chi connectivity index (χ4v) is 6.10. The van der Waals surface area contributed by atoms with E-state index < -0.39 is 0 Å². The van der Waals surface area contributed by atoms with Gasteiger partial charge in [-0.15, -0.1) is 0 Å². The topological polar surface area (TPSA) is 94.3 Å². The first-order valence-electron chi connectivity index (χ1n) is 13.2. The average Bonchev–Trinajstić information content (AvgIpc) is 3.53. The lowest BCUT2D eigenvalue weighted by atomic mass is 9.84. The van der Waals surface area contributed by atoms with Gasteiger partial charge in [0.15, 0.2) is 5.58 Å². The standard InChI is InChI=1S/C27H38N2O6/c1-32-26(31)27(13-2-3-14-27)18-29-15-11-19(12-16-29)17-33-25-24-22(5-4-6-23(24)35-28-25)34-21-9-7-20(30)8-10-21/h4-6,19-21,30H,2-3,7-18H2,1H3/t20-,21+. The van der Waals surface area contributed by atoms with E-state index in [4.69, 9.17) is 18.7 Å². The van der Waals surface area contributed by atoms with Gasteiger partial charge in [-0.25, -0.2) is 0 Å². The van der Waals surface area contributed by atoms with Crippen molar-refractivity contribution in [2.45, 2.75) is 76.4 Å². The molecule has 0 unspecified atom stereocenters. The predicted molar refractivity (Wildman–Crippen MR) is 130 cm³/mol. The number of nitrogens with zero attached hydrogens (tertiary/aromatic N) is 2. The third-order valence-corrected chi connectivity index (χ3v) is 8.23. The quantitative estimate of drug-likeness (QED) is 0.551. The van der Waals surface area contributed by atoms with Crippen LogP contribution in [0.5, 0.6) is 11.6 Å². The largest absolute Gasteiger partial charge is 0.489 e. The number of ether oxygens (including phenoxy) is 3. The smallest absolute Gasteiger partial charge is 0.313 e. The maximum atomic E-state index is 12.5. The van der Waals surface area contributed by atoms with E-state index in [0.717, 1.165) is 95.0 Å². The van der Waals surface area contributed by atoms with E-state index in [9.17, 15) is 9.90 Å². The van der Waals surface area contributed by atoms with Gasteiger partial charge in [0.2, 0.25) is 0 Å². The van der Waals surface area contributed by atoms with E-state index in [-0.39, 0.29) is 23.6 Å². The molecule has 8 nitrogen and oxygen atoms in total. The number of piperidine rings is 1. The van der Waals surface area contributed by atoms with Crippen molar-refractivity contribution < 1.29 is 28.6 Å². The molecule has 2 heterocycles. The summed E-state index contributed by atoms with van der Waals surface area (Å²) in [5.41, 5.74) is 0.345. The summed E-state index contributed by atoms with van der Waals surface area (Å²) < 4.78 is 23.1. The van der Waals surface area contributed by atoms with Crippen LogP contribution in [0.3, 0.4) is 0 Å². The third kappa shape index (κ3) is 5.43. The molecule has 2 aromatic rings. The number of rotatable bonds is 8. The van der Waals surface area contributed by atoms with Crippen LogP contribution in [0.4, 0.5) is 0 Å². The summed E-state index contributed by atoms with van der Waals surface area (Å²) in [5.74, 6) is 1.62. The fraction of sp³-hybridized carbons (Fsp3) is 0.704. The van der Waals surface area contributed by atoms with Gasteiger partial charge in [-0.3, -0.25) is 4.79 Å². The molecule has 1 saturated heterocycles. The molecule has 5 rings (SSSR count). The van der Waals surface area contributed by atoms with Crippen molar-refractivity contribution in [1.29, 1.82) is 0 Å². The van der Waals surface area contributed by atoms with Gasteiger partial charge < -0.3 is 28.7 Å². The minimum Gasteiger partial charge on any atom is -0.489 e. The average molecular weight is 487 g/mol. The zero-order valence-electron chi connectivity index (χ0n) is 20.7. The Kier molecular flexibility index (Phi) is 7.48. The van der Waals surface area contributed by atoms with Gasteiger partial charge in [-0.2, -0.15) is 0 Å². The molecule has 1 N–H and O–H groups in total. The zero-order valence-corrected chi connectivity index (χ0v) is 20.7. The molecule has 2 aliphatic carbocycles. The molecule has 192 valence electrons. The van der Waals surface area contributed by atoms with Crippen molar-refractivity contribution in [3.63, 3.8) is 0 Å². The molecule has 1 aliphatic heterocycles. The first-order chi connectivity index (χ1) is 17.1. The van der Waals surface area contributed by atoms with Crippen molar-refractivity contribution in [3.8, 4) is 11.6 Å². The Balaban J connectivity index is 1.16. The Hall–Kier alpha value is -2.32. The zero-order chi connectivity index (χ0) is 24.3. The van der Waals surface area contributed by atoms with Gasteiger partial charge in [-0.05, 0) is 87.7 Å². The van der Waals surface area contributed by atoms with Crippen molar-refractivity contribution >= 4 is 16.9 Å². The second-order valence-corrected chi connectivity index (χ2v) is 10.7. The van der Waals surface area contributed by atoms with E-state index in [1.54, 1.807) is 0 Å². The van der Waals surface area contributed by atoms with E-state index >= 15 is 0 Å². The minimum absolute atomic E-state index is 0.0409. The van der Waals surface area contributed by atoms with Crippen molar-refractivity contribution in [1.82, 2.24) is 10.1 Å². The summed E-state index contributed by atoms with van der Waals surface area (Å²) in [4.78, 5) is 14.9. The molecule has 0 atom stereocenters. The Bertz CT molecular complexity index is 985. The molecule has 1 aromatic carbocycles. The Labute approximate surface area is 206 Å². The lowest BCUT2D eigenvalue weighted by Crippen LogP contribution is -2.45. The Morgan fingerprint density at radius 3 is 2.60 bits per heavy atom. The summed E-state index contributed by atoms with van der Waals surface area (Å²) in [7, 11) is 1.51. The van der Waals surface area contributed by atoms with Gasteiger partial charge >= 0.3 is 5.97 Å². The maximum Gasteiger partial charge on any atom is 0.313 e. The number of carbonyl (C=O) groups is 1. The van der Waals surface area contributed by atoms with Crippen LogP contribution in [-0.4, -0.2) is 66.7 Å². The number of aliphatic hydroxyl groups excluding tert-OH is 1. The monoisotopic (exact) mass is 486 g/mol. The lowest BCUT2D eigenvalue weighted by molar-refractivity contribution is -0.154. The van der Waals surface area contributed by atoms with Gasteiger partial charge in [0.1, 0.15) is 11.1 Å². The number of methoxy groups -OCH3 is 1. The maximum absolute atomic E-state index is 12.5. The Morgan fingerprint density at radius 1 is 1.14 bits per heavy atom.